The summed E-state index contributed by atoms with van der Waals surface area (Å²) in [5, 5.41) is 6.32. The van der Waals surface area contributed by atoms with Gasteiger partial charge in [-0.2, -0.15) is 0 Å². The Morgan fingerprint density at radius 3 is 2.60 bits per heavy atom. The smallest absolute Gasteiger partial charge is 0.344 e. The molecular weight excluding hydrogens is 351 g/mol. The molecule has 0 saturated heterocycles. The predicted octanol–water partition coefficient (Wildman–Crippen LogP) is 4.08. The molecule has 1 N–H and O–H groups in total. The highest BCUT2D eigenvalue weighted by Crippen LogP contribution is 2.24. The van der Waals surface area contributed by atoms with Crippen LogP contribution in [-0.2, 0) is 9.53 Å². The highest BCUT2D eigenvalue weighted by Gasteiger charge is 2.27. The molecular formula is C17H18ClFN2O4. The average molecular weight is 369 g/mol. The predicted molar refractivity (Wildman–Crippen MR) is 90.2 cm³/mol. The van der Waals surface area contributed by atoms with Gasteiger partial charge in [-0.3, -0.25) is 4.79 Å². The zero-order chi connectivity index (χ0) is 18.7. The van der Waals surface area contributed by atoms with E-state index < -0.39 is 23.8 Å². The first-order chi connectivity index (χ1) is 11.7. The van der Waals surface area contributed by atoms with Gasteiger partial charge < -0.3 is 14.6 Å². The van der Waals surface area contributed by atoms with E-state index in [2.05, 4.69) is 10.5 Å². The van der Waals surface area contributed by atoms with Gasteiger partial charge in [0.25, 0.3) is 5.91 Å². The van der Waals surface area contributed by atoms with Crippen molar-refractivity contribution in [2.75, 3.05) is 5.32 Å². The zero-order valence-corrected chi connectivity index (χ0v) is 15.0. The summed E-state index contributed by atoms with van der Waals surface area (Å²) in [6, 6.07) is 3.83. The van der Waals surface area contributed by atoms with Crippen LogP contribution in [0.5, 0.6) is 0 Å². The van der Waals surface area contributed by atoms with Gasteiger partial charge in [0.05, 0.1) is 11.4 Å². The first-order valence-electron chi connectivity index (χ1n) is 7.63. The quantitative estimate of drug-likeness (QED) is 0.804. The number of aryl methyl sites for hydroxylation is 1. The number of ether oxygens (including phenoxy) is 1. The molecule has 1 aromatic heterocycles. The van der Waals surface area contributed by atoms with Crippen LogP contribution in [0.15, 0.2) is 22.7 Å². The third-order valence-corrected chi connectivity index (χ3v) is 3.69. The van der Waals surface area contributed by atoms with Gasteiger partial charge in [-0.1, -0.05) is 30.6 Å². The third kappa shape index (κ3) is 4.36. The second-order valence-electron chi connectivity index (χ2n) is 5.82. The van der Waals surface area contributed by atoms with Crippen LogP contribution >= 0.6 is 11.6 Å². The lowest BCUT2D eigenvalue weighted by atomic mass is 10.1. The molecule has 0 aliphatic heterocycles. The fourth-order valence-corrected chi connectivity index (χ4v) is 2.29. The lowest BCUT2D eigenvalue weighted by Gasteiger charge is -2.14. The molecule has 25 heavy (non-hydrogen) atoms. The van der Waals surface area contributed by atoms with Crippen molar-refractivity contribution in [3.63, 3.8) is 0 Å². The van der Waals surface area contributed by atoms with Crippen LogP contribution in [0.1, 0.15) is 48.5 Å². The van der Waals surface area contributed by atoms with E-state index in [0.717, 1.165) is 6.07 Å². The molecule has 1 atom stereocenters. The Morgan fingerprint density at radius 2 is 2.00 bits per heavy atom. The van der Waals surface area contributed by atoms with Gasteiger partial charge in [0.2, 0.25) is 0 Å². The van der Waals surface area contributed by atoms with Crippen molar-refractivity contribution in [2.45, 2.75) is 39.7 Å². The maximum atomic E-state index is 13.7. The fourth-order valence-electron chi connectivity index (χ4n) is 2.13. The number of benzene rings is 1. The van der Waals surface area contributed by atoms with E-state index in [1.54, 1.807) is 6.92 Å². The number of esters is 1. The first-order valence-corrected chi connectivity index (χ1v) is 8.01. The van der Waals surface area contributed by atoms with Gasteiger partial charge >= 0.3 is 5.97 Å². The molecule has 8 heteroatoms. The monoisotopic (exact) mass is 368 g/mol. The highest BCUT2D eigenvalue weighted by molar-refractivity contribution is 6.30. The number of aromatic nitrogens is 1. The summed E-state index contributed by atoms with van der Waals surface area (Å²) in [4.78, 5) is 24.5. The maximum absolute atomic E-state index is 13.7. The Kier molecular flexibility index (Phi) is 5.79. The molecule has 6 nitrogen and oxygen atoms in total. The lowest BCUT2D eigenvalue weighted by molar-refractivity contribution is -0.123. The highest BCUT2D eigenvalue weighted by atomic mass is 35.5. The maximum Gasteiger partial charge on any atom is 0.344 e. The summed E-state index contributed by atoms with van der Waals surface area (Å²) < 4.78 is 24.0. The zero-order valence-electron chi connectivity index (χ0n) is 14.2. The summed E-state index contributed by atoms with van der Waals surface area (Å²) in [7, 11) is 0. The van der Waals surface area contributed by atoms with Gasteiger partial charge in [0, 0.05) is 10.9 Å². The minimum Gasteiger partial charge on any atom is -0.449 e. The molecule has 1 heterocycles. The van der Waals surface area contributed by atoms with Crippen molar-refractivity contribution in [1.82, 2.24) is 5.16 Å². The molecule has 0 spiro atoms. The Hall–Kier alpha value is -2.41. The van der Waals surface area contributed by atoms with Crippen LogP contribution in [0.2, 0.25) is 5.02 Å². The van der Waals surface area contributed by atoms with Gasteiger partial charge in [-0.25, -0.2) is 9.18 Å². The second-order valence-corrected chi connectivity index (χ2v) is 6.26. The topological polar surface area (TPSA) is 81.4 Å². The first kappa shape index (κ1) is 18.9. The number of carbonyl (C=O) groups is 2. The van der Waals surface area contributed by atoms with Crippen molar-refractivity contribution in [3.8, 4) is 0 Å². The van der Waals surface area contributed by atoms with E-state index in [9.17, 15) is 14.0 Å². The van der Waals surface area contributed by atoms with Crippen LogP contribution in [-0.4, -0.2) is 23.1 Å². The Morgan fingerprint density at radius 1 is 1.32 bits per heavy atom. The number of nitrogens with one attached hydrogen (secondary N) is 1. The number of amides is 1. The Labute approximate surface area is 149 Å². The number of nitrogens with zero attached hydrogens (tertiary/aromatic N) is 1. The van der Waals surface area contributed by atoms with E-state index in [4.69, 9.17) is 20.9 Å². The SMILES string of the molecule is Cc1noc(C(C)C)c1C(=O)O[C@@H](C)C(=O)Nc1ccc(Cl)cc1F. The summed E-state index contributed by atoms with van der Waals surface area (Å²) >= 11 is 5.66. The number of hydrogen-bond donors (Lipinski definition) is 1. The molecule has 0 saturated carbocycles. The van der Waals surface area contributed by atoms with Crippen LogP contribution in [0.3, 0.4) is 0 Å². The van der Waals surface area contributed by atoms with E-state index in [1.807, 2.05) is 13.8 Å². The minimum atomic E-state index is -1.14. The minimum absolute atomic E-state index is 0.0543. The number of carbonyl (C=O) groups excluding carboxylic acids is 2. The van der Waals surface area contributed by atoms with Crippen LogP contribution in [0.4, 0.5) is 10.1 Å². The van der Waals surface area contributed by atoms with Gasteiger partial charge in [-0.05, 0) is 32.0 Å². The molecule has 0 bridgehead atoms. The molecule has 0 radical (unpaired) electrons. The summed E-state index contributed by atoms with van der Waals surface area (Å²) in [5.74, 6) is -1.76. The Bertz CT molecular complexity index is 804. The van der Waals surface area contributed by atoms with E-state index in [-0.39, 0.29) is 22.2 Å². The summed E-state index contributed by atoms with van der Waals surface area (Å²) in [5.41, 5.74) is 0.527. The van der Waals surface area contributed by atoms with Crippen molar-refractivity contribution in [3.05, 3.63) is 46.1 Å². The van der Waals surface area contributed by atoms with Crippen LogP contribution in [0.25, 0.3) is 0 Å². The van der Waals surface area contributed by atoms with Gasteiger partial charge in [0.15, 0.2) is 11.9 Å². The molecule has 1 amide bonds. The molecule has 2 rings (SSSR count). The Balaban J connectivity index is 2.08. The van der Waals surface area contributed by atoms with E-state index in [1.165, 1.54) is 19.1 Å². The normalized spacial score (nSPS) is 12.1. The lowest BCUT2D eigenvalue weighted by Crippen LogP contribution is -2.30. The van der Waals surface area contributed by atoms with Gasteiger partial charge in [0.1, 0.15) is 11.4 Å². The van der Waals surface area contributed by atoms with Gasteiger partial charge in [-0.15, -0.1) is 0 Å². The summed E-state index contributed by atoms with van der Waals surface area (Å²) in [6.07, 6.45) is -1.14. The molecule has 2 aromatic rings. The number of hydrogen-bond acceptors (Lipinski definition) is 5. The standard InChI is InChI=1S/C17H18ClFN2O4/c1-8(2)15-14(9(3)21-25-15)17(23)24-10(4)16(22)20-13-6-5-11(18)7-12(13)19/h5-8,10H,1-4H3,(H,20,22)/t10-/m0/s1. The number of anilines is 1. The molecule has 0 aliphatic rings. The second kappa shape index (κ2) is 7.65. The average Bonchev–Trinajstić information content (AvgIpc) is 2.91. The van der Waals surface area contributed by atoms with Crippen molar-refractivity contribution < 1.29 is 23.2 Å². The van der Waals surface area contributed by atoms with Crippen LogP contribution < -0.4 is 5.32 Å². The molecule has 134 valence electrons. The van der Waals surface area contributed by atoms with Crippen molar-refractivity contribution in [1.29, 1.82) is 0 Å². The molecule has 0 unspecified atom stereocenters. The van der Waals surface area contributed by atoms with E-state index in [0.29, 0.717) is 11.5 Å². The molecule has 0 aliphatic carbocycles. The molecule has 1 aromatic carbocycles. The number of rotatable bonds is 5. The largest absolute Gasteiger partial charge is 0.449 e. The third-order valence-electron chi connectivity index (χ3n) is 3.46. The van der Waals surface area contributed by atoms with Crippen molar-refractivity contribution >= 4 is 29.2 Å². The fraction of sp³-hybridized carbons (Fsp3) is 0.353. The summed E-state index contributed by atoms with van der Waals surface area (Å²) in [6.45, 7) is 6.69. The van der Waals surface area contributed by atoms with E-state index >= 15 is 0 Å². The molecule has 0 fully saturated rings. The number of halogens is 2. The van der Waals surface area contributed by atoms with Crippen molar-refractivity contribution in [2.24, 2.45) is 0 Å². The van der Waals surface area contributed by atoms with Crippen LogP contribution in [0, 0.1) is 12.7 Å².